The molecule has 1 spiro atoms. The Bertz CT molecular complexity index is 763. The summed E-state index contributed by atoms with van der Waals surface area (Å²) in [4.78, 5) is 17.3. The number of hydrogen-bond acceptors (Lipinski definition) is 3. The van der Waals surface area contributed by atoms with E-state index in [-0.39, 0.29) is 17.3 Å². The van der Waals surface area contributed by atoms with Crippen molar-refractivity contribution in [2.45, 2.75) is 75.4 Å². The molecule has 0 saturated carbocycles. The predicted molar refractivity (Wildman–Crippen MR) is 110 cm³/mol. The molecule has 6 heteroatoms. The highest BCUT2D eigenvalue weighted by Crippen LogP contribution is 2.47. The van der Waals surface area contributed by atoms with Crippen molar-refractivity contribution in [2.24, 2.45) is 0 Å². The molecule has 5 nitrogen and oxygen atoms in total. The fourth-order valence-corrected chi connectivity index (χ4v) is 6.17. The summed E-state index contributed by atoms with van der Waals surface area (Å²) in [7, 11) is 0. The number of amides is 2. The van der Waals surface area contributed by atoms with Crippen molar-refractivity contribution in [3.05, 3.63) is 29.6 Å². The topological polar surface area (TPSA) is 44.8 Å². The zero-order chi connectivity index (χ0) is 20.0. The molecule has 2 atom stereocenters. The molecule has 2 bridgehead atoms. The standard InChI is InChI=1S/C23H32FN3O2/c1-2-9-25-22(28)27-17-4-5-18(27)14-19(13-17)26-10-7-23(8-11-26)15-29-21-6-3-16(24)12-20(21)23/h3,6,12,17-19H,2,4-5,7-11,13-15H2,1H3,(H,25,28). The smallest absolute Gasteiger partial charge is 0.317 e. The number of rotatable bonds is 3. The summed E-state index contributed by atoms with van der Waals surface area (Å²) in [6.45, 7) is 5.60. The van der Waals surface area contributed by atoms with Gasteiger partial charge in [0.1, 0.15) is 11.6 Å². The first-order chi connectivity index (χ1) is 14.1. The monoisotopic (exact) mass is 401 g/mol. The number of hydrogen-bond donors (Lipinski definition) is 1. The van der Waals surface area contributed by atoms with Gasteiger partial charge in [0.2, 0.25) is 0 Å². The molecule has 2 amide bonds. The molecule has 0 aliphatic carbocycles. The van der Waals surface area contributed by atoms with Crippen LogP contribution in [0.1, 0.15) is 57.4 Å². The van der Waals surface area contributed by atoms with Gasteiger partial charge >= 0.3 is 6.03 Å². The van der Waals surface area contributed by atoms with E-state index in [0.29, 0.717) is 24.7 Å². The summed E-state index contributed by atoms with van der Waals surface area (Å²) in [6.07, 6.45) is 7.48. The second-order valence-electron chi connectivity index (χ2n) is 9.39. The number of ether oxygens (including phenoxy) is 1. The molecule has 4 aliphatic heterocycles. The summed E-state index contributed by atoms with van der Waals surface area (Å²) < 4.78 is 19.7. The van der Waals surface area contributed by atoms with Crippen LogP contribution in [0.2, 0.25) is 0 Å². The van der Waals surface area contributed by atoms with Gasteiger partial charge in [-0.25, -0.2) is 9.18 Å². The molecule has 29 heavy (non-hydrogen) atoms. The van der Waals surface area contributed by atoms with Gasteiger partial charge in [0.05, 0.1) is 6.61 Å². The molecule has 5 rings (SSSR count). The van der Waals surface area contributed by atoms with E-state index >= 15 is 0 Å². The van der Waals surface area contributed by atoms with E-state index in [0.717, 1.165) is 75.9 Å². The van der Waals surface area contributed by atoms with Crippen molar-refractivity contribution in [1.29, 1.82) is 0 Å². The Morgan fingerprint density at radius 3 is 2.62 bits per heavy atom. The fourth-order valence-electron chi connectivity index (χ4n) is 6.17. The highest BCUT2D eigenvalue weighted by Gasteiger charge is 2.48. The maximum absolute atomic E-state index is 13.8. The van der Waals surface area contributed by atoms with Crippen molar-refractivity contribution < 1.29 is 13.9 Å². The van der Waals surface area contributed by atoms with Crippen molar-refractivity contribution in [2.75, 3.05) is 26.2 Å². The molecule has 1 aromatic rings. The summed E-state index contributed by atoms with van der Waals surface area (Å²) in [6, 6.07) is 6.43. The maximum atomic E-state index is 13.8. The Hall–Kier alpha value is -1.82. The van der Waals surface area contributed by atoms with Crippen molar-refractivity contribution in [1.82, 2.24) is 15.1 Å². The Morgan fingerprint density at radius 1 is 1.21 bits per heavy atom. The number of nitrogens with one attached hydrogen (secondary N) is 1. The van der Waals surface area contributed by atoms with Gasteiger partial charge in [0.25, 0.3) is 0 Å². The lowest BCUT2D eigenvalue weighted by Crippen LogP contribution is -2.57. The molecule has 158 valence electrons. The molecule has 3 fully saturated rings. The number of fused-ring (bicyclic) bond motifs is 4. The van der Waals surface area contributed by atoms with Crippen LogP contribution in [-0.2, 0) is 5.41 Å². The number of halogens is 1. The molecule has 2 unspecified atom stereocenters. The second-order valence-corrected chi connectivity index (χ2v) is 9.39. The van der Waals surface area contributed by atoms with Crippen LogP contribution < -0.4 is 10.1 Å². The SMILES string of the molecule is CCCNC(=O)N1C2CCC1CC(N1CCC3(CC1)COc1ccc(F)cc13)C2. The second kappa shape index (κ2) is 7.46. The van der Waals surface area contributed by atoms with E-state index in [9.17, 15) is 9.18 Å². The lowest BCUT2D eigenvalue weighted by molar-refractivity contribution is 0.0450. The minimum atomic E-state index is -0.165. The summed E-state index contributed by atoms with van der Waals surface area (Å²) >= 11 is 0. The van der Waals surface area contributed by atoms with Gasteiger partial charge < -0.3 is 19.9 Å². The molecule has 0 aromatic heterocycles. The quantitative estimate of drug-likeness (QED) is 0.841. The summed E-state index contributed by atoms with van der Waals surface area (Å²) in [5.74, 6) is 0.700. The summed E-state index contributed by atoms with van der Waals surface area (Å²) in [5.41, 5.74) is 1.05. The van der Waals surface area contributed by atoms with Crippen LogP contribution >= 0.6 is 0 Å². The molecule has 1 N–H and O–H groups in total. The molecule has 0 radical (unpaired) electrons. The third-order valence-corrected chi connectivity index (χ3v) is 7.76. The van der Waals surface area contributed by atoms with Crippen LogP contribution in [0.15, 0.2) is 18.2 Å². The van der Waals surface area contributed by atoms with E-state index in [1.807, 2.05) is 0 Å². The van der Waals surface area contributed by atoms with Gasteiger partial charge in [-0.15, -0.1) is 0 Å². The predicted octanol–water partition coefficient (Wildman–Crippen LogP) is 3.67. The van der Waals surface area contributed by atoms with Gasteiger partial charge in [0.15, 0.2) is 0 Å². The fraction of sp³-hybridized carbons (Fsp3) is 0.696. The van der Waals surface area contributed by atoms with E-state index < -0.39 is 0 Å². The third-order valence-electron chi connectivity index (χ3n) is 7.76. The first-order valence-corrected chi connectivity index (χ1v) is 11.3. The summed E-state index contributed by atoms with van der Waals surface area (Å²) in [5, 5.41) is 3.07. The number of carbonyl (C=O) groups excluding carboxylic acids is 1. The van der Waals surface area contributed by atoms with Crippen LogP contribution in [-0.4, -0.2) is 60.2 Å². The van der Waals surface area contributed by atoms with Crippen LogP contribution in [0, 0.1) is 5.82 Å². The number of nitrogens with zero attached hydrogens (tertiary/aromatic N) is 2. The minimum Gasteiger partial charge on any atom is -0.492 e. The van der Waals surface area contributed by atoms with Gasteiger partial charge in [-0.3, -0.25) is 0 Å². The zero-order valence-electron chi connectivity index (χ0n) is 17.3. The zero-order valence-corrected chi connectivity index (χ0v) is 17.3. The lowest BCUT2D eigenvalue weighted by atomic mass is 9.74. The number of carbonyl (C=O) groups is 1. The number of piperidine rings is 2. The van der Waals surface area contributed by atoms with Gasteiger partial charge in [-0.2, -0.15) is 0 Å². The van der Waals surface area contributed by atoms with Gasteiger partial charge in [-0.05, 0) is 76.2 Å². The van der Waals surface area contributed by atoms with Crippen LogP contribution in [0.3, 0.4) is 0 Å². The molecular formula is C23H32FN3O2. The van der Waals surface area contributed by atoms with Crippen molar-refractivity contribution >= 4 is 6.03 Å². The third kappa shape index (κ3) is 3.29. The normalized spacial score (nSPS) is 30.3. The number of likely N-dealkylation sites (tertiary alicyclic amines) is 1. The molecule has 1 aromatic carbocycles. The average molecular weight is 402 g/mol. The molecule has 4 aliphatic rings. The lowest BCUT2D eigenvalue weighted by Gasteiger charge is -2.47. The molecular weight excluding hydrogens is 369 g/mol. The molecule has 3 saturated heterocycles. The minimum absolute atomic E-state index is 0.0202. The maximum Gasteiger partial charge on any atom is 0.317 e. The Morgan fingerprint density at radius 2 is 1.93 bits per heavy atom. The van der Waals surface area contributed by atoms with Crippen molar-refractivity contribution in [3.8, 4) is 5.75 Å². The Balaban J connectivity index is 1.22. The van der Waals surface area contributed by atoms with Crippen LogP contribution in [0.5, 0.6) is 5.75 Å². The number of benzene rings is 1. The Labute approximate surface area is 172 Å². The van der Waals surface area contributed by atoms with Crippen molar-refractivity contribution in [3.63, 3.8) is 0 Å². The molecule has 4 heterocycles. The van der Waals surface area contributed by atoms with Gasteiger partial charge in [0, 0.05) is 35.6 Å². The van der Waals surface area contributed by atoms with E-state index in [4.69, 9.17) is 4.74 Å². The first-order valence-electron chi connectivity index (χ1n) is 11.3. The average Bonchev–Trinajstić information content (AvgIpc) is 3.21. The van der Waals surface area contributed by atoms with E-state index in [1.165, 1.54) is 6.07 Å². The van der Waals surface area contributed by atoms with Crippen LogP contribution in [0.25, 0.3) is 0 Å². The highest BCUT2D eigenvalue weighted by atomic mass is 19.1. The van der Waals surface area contributed by atoms with Gasteiger partial charge in [-0.1, -0.05) is 6.92 Å². The first kappa shape index (κ1) is 19.2. The highest BCUT2D eigenvalue weighted by molar-refractivity contribution is 5.75. The number of urea groups is 1. The Kier molecular flexibility index (Phi) is 4.93. The van der Waals surface area contributed by atoms with E-state index in [1.54, 1.807) is 12.1 Å². The van der Waals surface area contributed by atoms with E-state index in [2.05, 4.69) is 22.0 Å². The largest absolute Gasteiger partial charge is 0.492 e. The van der Waals surface area contributed by atoms with Crippen LogP contribution in [0.4, 0.5) is 9.18 Å².